The van der Waals surface area contributed by atoms with Gasteiger partial charge in [-0.2, -0.15) is 0 Å². The second kappa shape index (κ2) is 7.34. The summed E-state index contributed by atoms with van der Waals surface area (Å²) in [6, 6.07) is 8.15. The molecule has 5 nitrogen and oxygen atoms in total. The number of carbonyl (C=O) groups is 2. The van der Waals surface area contributed by atoms with E-state index in [0.29, 0.717) is 18.5 Å². The second-order valence-corrected chi connectivity index (χ2v) is 7.25. The normalized spacial score (nSPS) is 22.6. The van der Waals surface area contributed by atoms with Crippen LogP contribution in [0.25, 0.3) is 0 Å². The molecule has 24 heavy (non-hydrogen) atoms. The number of likely N-dealkylation sites (tertiary alicyclic amines) is 1. The minimum absolute atomic E-state index is 0.00880. The molecule has 2 amide bonds. The summed E-state index contributed by atoms with van der Waals surface area (Å²) < 4.78 is 0. The van der Waals surface area contributed by atoms with Gasteiger partial charge in [-0.05, 0) is 42.9 Å². The summed E-state index contributed by atoms with van der Waals surface area (Å²) >= 11 is 0. The molecule has 1 heterocycles. The third-order valence-electron chi connectivity index (χ3n) is 5.25. The largest absolute Gasteiger partial charge is 0.352 e. The number of hydrogen-bond acceptors (Lipinski definition) is 3. The molecule has 2 bridgehead atoms. The zero-order chi connectivity index (χ0) is 17.1. The molecule has 0 spiro atoms. The lowest BCUT2D eigenvalue weighted by molar-refractivity contribution is -0.121. The zero-order valence-electron chi connectivity index (χ0n) is 14.6. The van der Waals surface area contributed by atoms with Gasteiger partial charge in [0.05, 0.1) is 0 Å². The number of amides is 2. The SMILES string of the molecule is CN(C)C(=O)c1ccc(CNC(=O)CCN2C[C@@H]3CC[C@H]2C3)cc1. The van der Waals surface area contributed by atoms with Gasteiger partial charge < -0.3 is 10.2 Å². The molecule has 1 aliphatic heterocycles. The van der Waals surface area contributed by atoms with Gasteiger partial charge in [0, 0.05) is 51.8 Å². The molecule has 2 fully saturated rings. The average molecular weight is 329 g/mol. The molecule has 130 valence electrons. The monoisotopic (exact) mass is 329 g/mol. The van der Waals surface area contributed by atoms with E-state index in [-0.39, 0.29) is 11.8 Å². The quantitative estimate of drug-likeness (QED) is 0.867. The third kappa shape index (κ3) is 3.96. The molecule has 1 saturated carbocycles. The van der Waals surface area contributed by atoms with E-state index in [4.69, 9.17) is 0 Å². The highest BCUT2D eigenvalue weighted by Crippen LogP contribution is 2.37. The van der Waals surface area contributed by atoms with Crippen LogP contribution < -0.4 is 5.32 Å². The molecule has 2 aliphatic rings. The highest BCUT2D eigenvalue weighted by molar-refractivity contribution is 5.93. The number of hydrogen-bond donors (Lipinski definition) is 1. The summed E-state index contributed by atoms with van der Waals surface area (Å²) in [6.07, 6.45) is 4.59. The van der Waals surface area contributed by atoms with Gasteiger partial charge in [0.15, 0.2) is 0 Å². The van der Waals surface area contributed by atoms with Crippen molar-refractivity contribution in [3.05, 3.63) is 35.4 Å². The van der Waals surface area contributed by atoms with E-state index in [2.05, 4.69) is 10.2 Å². The molecule has 0 aromatic heterocycles. The number of piperidine rings is 1. The molecule has 5 heteroatoms. The van der Waals surface area contributed by atoms with Crippen LogP contribution in [-0.2, 0) is 11.3 Å². The van der Waals surface area contributed by atoms with Crippen molar-refractivity contribution in [1.29, 1.82) is 0 Å². The van der Waals surface area contributed by atoms with Crippen molar-refractivity contribution in [2.24, 2.45) is 5.92 Å². The third-order valence-corrected chi connectivity index (χ3v) is 5.25. The summed E-state index contributed by atoms with van der Waals surface area (Å²) in [6.45, 7) is 2.57. The van der Waals surface area contributed by atoms with Crippen LogP contribution in [0, 0.1) is 5.92 Å². The number of carbonyl (C=O) groups excluding carboxylic acids is 2. The molecule has 1 aromatic carbocycles. The fraction of sp³-hybridized carbons (Fsp3) is 0.579. The molecule has 2 atom stereocenters. The van der Waals surface area contributed by atoms with Crippen LogP contribution in [0.5, 0.6) is 0 Å². The minimum atomic E-state index is -0.00880. The van der Waals surface area contributed by atoms with Crippen molar-refractivity contribution < 1.29 is 9.59 Å². The summed E-state index contributed by atoms with van der Waals surface area (Å²) in [5.74, 6) is 0.971. The van der Waals surface area contributed by atoms with Gasteiger partial charge in [0.25, 0.3) is 5.91 Å². The molecule has 0 unspecified atom stereocenters. The van der Waals surface area contributed by atoms with Crippen molar-refractivity contribution in [2.45, 2.75) is 38.3 Å². The maximum atomic E-state index is 12.0. The van der Waals surface area contributed by atoms with Crippen molar-refractivity contribution in [2.75, 3.05) is 27.2 Å². The average Bonchev–Trinajstić information content (AvgIpc) is 3.21. The summed E-state index contributed by atoms with van der Waals surface area (Å²) in [4.78, 5) is 27.9. The van der Waals surface area contributed by atoms with E-state index in [9.17, 15) is 9.59 Å². The standard InChI is InChI=1S/C19H27N3O2/c1-21(2)19(24)16-6-3-14(4-7-16)12-20-18(23)9-10-22-13-15-5-8-17(22)11-15/h3-4,6-7,15,17H,5,8-13H2,1-2H3,(H,20,23)/t15-,17+/m1/s1. The van der Waals surface area contributed by atoms with Crippen LogP contribution in [0.2, 0.25) is 0 Å². The van der Waals surface area contributed by atoms with Gasteiger partial charge in [-0.25, -0.2) is 0 Å². The molecule has 1 saturated heterocycles. The van der Waals surface area contributed by atoms with Crippen molar-refractivity contribution in [3.8, 4) is 0 Å². The number of benzene rings is 1. The molecular weight excluding hydrogens is 302 g/mol. The van der Waals surface area contributed by atoms with E-state index < -0.39 is 0 Å². The first-order valence-electron chi connectivity index (χ1n) is 8.84. The van der Waals surface area contributed by atoms with Crippen LogP contribution in [-0.4, -0.2) is 54.8 Å². The van der Waals surface area contributed by atoms with Gasteiger partial charge in [0.1, 0.15) is 0 Å². The van der Waals surface area contributed by atoms with E-state index in [1.165, 1.54) is 25.8 Å². The fourth-order valence-electron chi connectivity index (χ4n) is 3.86. The Labute approximate surface area is 144 Å². The molecule has 1 aromatic rings. The molecule has 0 radical (unpaired) electrons. The lowest BCUT2D eigenvalue weighted by atomic mass is 10.1. The number of nitrogens with zero attached hydrogens (tertiary/aromatic N) is 2. The van der Waals surface area contributed by atoms with Gasteiger partial charge in [0.2, 0.25) is 5.91 Å². The van der Waals surface area contributed by atoms with Crippen LogP contribution in [0.1, 0.15) is 41.6 Å². The first-order chi connectivity index (χ1) is 11.5. The van der Waals surface area contributed by atoms with Crippen LogP contribution in [0.4, 0.5) is 0 Å². The summed E-state index contributed by atoms with van der Waals surface area (Å²) in [5.41, 5.74) is 1.68. The van der Waals surface area contributed by atoms with E-state index in [0.717, 1.165) is 24.1 Å². The van der Waals surface area contributed by atoms with Crippen LogP contribution in [0.15, 0.2) is 24.3 Å². The smallest absolute Gasteiger partial charge is 0.253 e. The Morgan fingerprint density at radius 1 is 1.21 bits per heavy atom. The first-order valence-corrected chi connectivity index (χ1v) is 8.84. The minimum Gasteiger partial charge on any atom is -0.352 e. The molecular formula is C19H27N3O2. The van der Waals surface area contributed by atoms with E-state index in [1.807, 2.05) is 24.3 Å². The van der Waals surface area contributed by atoms with Gasteiger partial charge in [-0.15, -0.1) is 0 Å². The van der Waals surface area contributed by atoms with Crippen molar-refractivity contribution in [3.63, 3.8) is 0 Å². The Kier molecular flexibility index (Phi) is 5.19. The number of nitrogens with one attached hydrogen (secondary N) is 1. The lowest BCUT2D eigenvalue weighted by Crippen LogP contribution is -2.35. The molecule has 1 aliphatic carbocycles. The van der Waals surface area contributed by atoms with Crippen LogP contribution in [0.3, 0.4) is 0 Å². The van der Waals surface area contributed by atoms with Gasteiger partial charge >= 0.3 is 0 Å². The molecule has 3 rings (SSSR count). The lowest BCUT2D eigenvalue weighted by Gasteiger charge is -2.26. The Balaban J connectivity index is 1.40. The Hall–Kier alpha value is -1.88. The van der Waals surface area contributed by atoms with Crippen molar-refractivity contribution in [1.82, 2.24) is 15.1 Å². The maximum Gasteiger partial charge on any atom is 0.253 e. The van der Waals surface area contributed by atoms with Crippen molar-refractivity contribution >= 4 is 11.8 Å². The van der Waals surface area contributed by atoms with Crippen LogP contribution >= 0.6 is 0 Å². The first kappa shape index (κ1) is 17.0. The summed E-state index contributed by atoms with van der Waals surface area (Å²) in [7, 11) is 3.48. The van der Waals surface area contributed by atoms with Gasteiger partial charge in [-0.3, -0.25) is 14.5 Å². The Morgan fingerprint density at radius 2 is 1.96 bits per heavy atom. The predicted molar refractivity (Wildman–Crippen MR) is 93.6 cm³/mol. The second-order valence-electron chi connectivity index (χ2n) is 7.25. The Bertz CT molecular complexity index is 597. The molecule has 1 N–H and O–H groups in total. The topological polar surface area (TPSA) is 52.7 Å². The highest BCUT2D eigenvalue weighted by atomic mass is 16.2. The number of rotatable bonds is 6. The fourth-order valence-corrected chi connectivity index (χ4v) is 3.86. The zero-order valence-corrected chi connectivity index (χ0v) is 14.6. The maximum absolute atomic E-state index is 12.0. The predicted octanol–water partition coefficient (Wildman–Crippen LogP) is 1.88. The van der Waals surface area contributed by atoms with E-state index >= 15 is 0 Å². The van der Waals surface area contributed by atoms with Gasteiger partial charge in [-0.1, -0.05) is 12.1 Å². The highest BCUT2D eigenvalue weighted by Gasteiger charge is 2.37. The van der Waals surface area contributed by atoms with E-state index in [1.54, 1.807) is 19.0 Å². The number of fused-ring (bicyclic) bond motifs is 2. The summed E-state index contributed by atoms with van der Waals surface area (Å²) in [5, 5.41) is 2.98. The Morgan fingerprint density at radius 3 is 2.54 bits per heavy atom.